The number of ether oxygens (including phenoxy) is 2. The lowest BCUT2D eigenvalue weighted by atomic mass is 10.1. The molecule has 9 heteroatoms. The Labute approximate surface area is 196 Å². The standard InChI is InChI=1S/C23H14BrClN2O5/c24-18-7-3-1-6-15(18)13-31-21-8-4-2-5-14(21)11-20-23(28)32-22(26-20)17-10-9-16(27(29)30)12-19(17)25/h1-12H,13H2. The van der Waals surface area contributed by atoms with E-state index in [1.165, 1.54) is 18.2 Å². The van der Waals surface area contributed by atoms with Crippen LogP contribution in [0.15, 0.2) is 81.9 Å². The molecule has 7 nitrogen and oxygen atoms in total. The molecular formula is C23H14BrClN2O5. The number of nitro groups is 1. The predicted octanol–water partition coefficient (Wildman–Crippen LogP) is 5.93. The Bertz CT molecular complexity index is 1290. The van der Waals surface area contributed by atoms with Crippen molar-refractivity contribution in [2.45, 2.75) is 6.61 Å². The number of aliphatic imine (C=N–C) groups is 1. The van der Waals surface area contributed by atoms with Crippen molar-refractivity contribution in [2.24, 2.45) is 4.99 Å². The number of para-hydroxylation sites is 1. The molecule has 0 spiro atoms. The zero-order valence-electron chi connectivity index (χ0n) is 16.3. The van der Waals surface area contributed by atoms with Crippen LogP contribution in [0, 0.1) is 10.1 Å². The number of halogens is 2. The molecule has 160 valence electrons. The van der Waals surface area contributed by atoms with Gasteiger partial charge in [0.1, 0.15) is 12.4 Å². The van der Waals surface area contributed by atoms with Gasteiger partial charge >= 0.3 is 5.97 Å². The quantitative estimate of drug-likeness (QED) is 0.176. The van der Waals surface area contributed by atoms with E-state index in [4.69, 9.17) is 21.1 Å². The van der Waals surface area contributed by atoms with E-state index in [0.29, 0.717) is 17.9 Å². The van der Waals surface area contributed by atoms with Crippen molar-refractivity contribution < 1.29 is 19.2 Å². The highest BCUT2D eigenvalue weighted by Crippen LogP contribution is 2.29. The van der Waals surface area contributed by atoms with E-state index in [9.17, 15) is 14.9 Å². The average molecular weight is 514 g/mol. The van der Waals surface area contributed by atoms with Gasteiger partial charge in [0.15, 0.2) is 5.70 Å². The second-order valence-electron chi connectivity index (χ2n) is 6.68. The fourth-order valence-corrected chi connectivity index (χ4v) is 3.62. The normalized spacial score (nSPS) is 14.2. The van der Waals surface area contributed by atoms with Gasteiger partial charge in [0.25, 0.3) is 5.69 Å². The van der Waals surface area contributed by atoms with Crippen molar-refractivity contribution >= 4 is 51.2 Å². The van der Waals surface area contributed by atoms with E-state index in [1.54, 1.807) is 18.2 Å². The second kappa shape index (κ2) is 9.33. The molecule has 0 bridgehead atoms. The lowest BCUT2D eigenvalue weighted by molar-refractivity contribution is -0.384. The maximum atomic E-state index is 12.4. The van der Waals surface area contributed by atoms with Gasteiger partial charge in [0.2, 0.25) is 5.90 Å². The van der Waals surface area contributed by atoms with Crippen molar-refractivity contribution in [1.82, 2.24) is 0 Å². The Morgan fingerprint density at radius 1 is 1.12 bits per heavy atom. The summed E-state index contributed by atoms with van der Waals surface area (Å²) in [6.45, 7) is 0.332. The highest BCUT2D eigenvalue weighted by Gasteiger charge is 2.27. The Balaban J connectivity index is 1.60. The van der Waals surface area contributed by atoms with Crippen molar-refractivity contribution in [1.29, 1.82) is 0 Å². The van der Waals surface area contributed by atoms with Crippen LogP contribution in [0.5, 0.6) is 5.75 Å². The highest BCUT2D eigenvalue weighted by molar-refractivity contribution is 9.10. The maximum Gasteiger partial charge on any atom is 0.363 e. The van der Waals surface area contributed by atoms with Crippen LogP contribution in [0.1, 0.15) is 16.7 Å². The van der Waals surface area contributed by atoms with Gasteiger partial charge in [-0.25, -0.2) is 9.79 Å². The van der Waals surface area contributed by atoms with Gasteiger partial charge in [-0.15, -0.1) is 0 Å². The van der Waals surface area contributed by atoms with Crippen molar-refractivity contribution in [3.63, 3.8) is 0 Å². The number of hydrogen-bond acceptors (Lipinski definition) is 6. The first-order valence-electron chi connectivity index (χ1n) is 9.34. The molecule has 0 saturated heterocycles. The van der Waals surface area contributed by atoms with E-state index < -0.39 is 10.9 Å². The minimum absolute atomic E-state index is 0.0206. The van der Waals surface area contributed by atoms with Gasteiger partial charge in [-0.2, -0.15) is 0 Å². The molecule has 4 rings (SSSR count). The Kier molecular flexibility index (Phi) is 6.34. The van der Waals surface area contributed by atoms with Crippen LogP contribution < -0.4 is 4.74 Å². The maximum absolute atomic E-state index is 12.4. The van der Waals surface area contributed by atoms with Gasteiger partial charge in [-0.3, -0.25) is 10.1 Å². The van der Waals surface area contributed by atoms with Gasteiger partial charge < -0.3 is 9.47 Å². The number of rotatable bonds is 6. The number of non-ortho nitro benzene ring substituents is 1. The van der Waals surface area contributed by atoms with Gasteiger partial charge in [-0.05, 0) is 24.3 Å². The van der Waals surface area contributed by atoms with Crippen LogP contribution in [-0.2, 0) is 16.1 Å². The van der Waals surface area contributed by atoms with E-state index in [0.717, 1.165) is 10.0 Å². The molecule has 0 aromatic heterocycles. The summed E-state index contributed by atoms with van der Waals surface area (Å²) in [5.74, 6) is -0.108. The Hall–Kier alpha value is -3.49. The van der Waals surface area contributed by atoms with Gasteiger partial charge in [0, 0.05) is 27.7 Å². The van der Waals surface area contributed by atoms with Crippen LogP contribution in [0.25, 0.3) is 6.08 Å². The molecule has 0 atom stereocenters. The number of hydrogen-bond donors (Lipinski definition) is 0. The lowest BCUT2D eigenvalue weighted by Gasteiger charge is -2.10. The average Bonchev–Trinajstić information content (AvgIpc) is 3.13. The summed E-state index contributed by atoms with van der Waals surface area (Å²) >= 11 is 9.62. The minimum atomic E-state index is -0.657. The van der Waals surface area contributed by atoms with Crippen LogP contribution >= 0.6 is 27.5 Å². The first-order chi connectivity index (χ1) is 15.4. The summed E-state index contributed by atoms with van der Waals surface area (Å²) in [5.41, 5.74) is 1.80. The number of esters is 1. The van der Waals surface area contributed by atoms with Crippen molar-refractivity contribution in [2.75, 3.05) is 0 Å². The van der Waals surface area contributed by atoms with Crippen molar-refractivity contribution in [3.05, 3.63) is 109 Å². The first kappa shape index (κ1) is 21.7. The van der Waals surface area contributed by atoms with Crippen LogP contribution in [0.3, 0.4) is 0 Å². The van der Waals surface area contributed by atoms with Gasteiger partial charge in [0.05, 0.1) is 15.5 Å². The molecule has 1 aliphatic rings. The number of nitrogens with zero attached hydrogens (tertiary/aromatic N) is 2. The summed E-state index contributed by atoms with van der Waals surface area (Å²) in [7, 11) is 0. The van der Waals surface area contributed by atoms with E-state index in [2.05, 4.69) is 20.9 Å². The molecule has 3 aromatic carbocycles. The largest absolute Gasteiger partial charge is 0.488 e. The molecule has 0 amide bonds. The van der Waals surface area contributed by atoms with Crippen molar-refractivity contribution in [3.8, 4) is 5.75 Å². The number of carbonyl (C=O) groups excluding carboxylic acids is 1. The van der Waals surface area contributed by atoms with E-state index in [1.807, 2.05) is 36.4 Å². The van der Waals surface area contributed by atoms with Gasteiger partial charge in [-0.1, -0.05) is 63.9 Å². The molecule has 0 N–H and O–H groups in total. The first-order valence-corrected chi connectivity index (χ1v) is 10.5. The molecule has 0 saturated carbocycles. The number of cyclic esters (lactones) is 1. The van der Waals surface area contributed by atoms with Crippen LogP contribution in [0.4, 0.5) is 5.69 Å². The molecular weight excluding hydrogens is 500 g/mol. The molecule has 0 aliphatic carbocycles. The molecule has 0 unspecified atom stereocenters. The summed E-state index contributed by atoms with van der Waals surface area (Å²) < 4.78 is 12.1. The molecule has 1 heterocycles. The third kappa shape index (κ3) is 4.71. The lowest BCUT2D eigenvalue weighted by Crippen LogP contribution is -2.06. The minimum Gasteiger partial charge on any atom is -0.488 e. The van der Waals surface area contributed by atoms with Crippen LogP contribution in [0.2, 0.25) is 5.02 Å². The topological polar surface area (TPSA) is 91.0 Å². The fraction of sp³-hybridized carbons (Fsp3) is 0.0435. The molecule has 0 fully saturated rings. The smallest absolute Gasteiger partial charge is 0.363 e. The molecule has 0 radical (unpaired) electrons. The van der Waals surface area contributed by atoms with E-state index in [-0.39, 0.29) is 27.9 Å². The summed E-state index contributed by atoms with van der Waals surface area (Å²) in [5, 5.41) is 11.0. The third-order valence-electron chi connectivity index (χ3n) is 4.57. The Morgan fingerprint density at radius 3 is 2.62 bits per heavy atom. The zero-order valence-corrected chi connectivity index (χ0v) is 18.7. The third-order valence-corrected chi connectivity index (χ3v) is 5.65. The summed E-state index contributed by atoms with van der Waals surface area (Å²) in [6, 6.07) is 18.8. The monoisotopic (exact) mass is 512 g/mol. The number of nitro benzene ring substituents is 1. The summed E-state index contributed by atoms with van der Waals surface area (Å²) in [6.07, 6.45) is 1.56. The number of carbonyl (C=O) groups is 1. The molecule has 3 aromatic rings. The van der Waals surface area contributed by atoms with Crippen LogP contribution in [-0.4, -0.2) is 16.8 Å². The summed E-state index contributed by atoms with van der Waals surface area (Å²) in [4.78, 5) is 26.9. The second-order valence-corrected chi connectivity index (χ2v) is 7.94. The highest BCUT2D eigenvalue weighted by atomic mass is 79.9. The van der Waals surface area contributed by atoms with E-state index >= 15 is 0 Å². The zero-order chi connectivity index (χ0) is 22.7. The fourth-order valence-electron chi connectivity index (χ4n) is 2.96. The molecule has 1 aliphatic heterocycles. The SMILES string of the molecule is O=C1OC(c2ccc([N+](=O)[O-])cc2Cl)=NC1=Cc1ccccc1OCc1ccccc1Br. The Morgan fingerprint density at radius 2 is 1.88 bits per heavy atom. The molecule has 32 heavy (non-hydrogen) atoms. The predicted molar refractivity (Wildman–Crippen MR) is 124 cm³/mol. The number of benzene rings is 3.